The fourth-order valence-corrected chi connectivity index (χ4v) is 2.36. The third-order valence-electron chi connectivity index (χ3n) is 3.69. The molecular weight excluding hydrogens is 244 g/mol. The molecule has 0 aliphatic carbocycles. The van der Waals surface area contributed by atoms with E-state index in [1.54, 1.807) is 10.9 Å². The molecule has 1 atom stereocenters. The van der Waals surface area contributed by atoms with Gasteiger partial charge in [0.25, 0.3) is 0 Å². The first-order chi connectivity index (χ1) is 9.13. The zero-order chi connectivity index (χ0) is 13.8. The quantitative estimate of drug-likeness (QED) is 0.778. The lowest BCUT2D eigenvalue weighted by Crippen LogP contribution is -2.53. The van der Waals surface area contributed by atoms with Crippen LogP contribution in [-0.4, -0.2) is 63.4 Å². The standard InChI is InChI=1S/C12H22N6O/c1-3-11-8-17(5-4-16(11)2)12(19)9-18-7-10(6-13)14-15-18/h7,11H,3-6,8-9,13H2,1-2H3. The molecule has 1 aromatic rings. The topological polar surface area (TPSA) is 80.3 Å². The van der Waals surface area contributed by atoms with Gasteiger partial charge in [-0.15, -0.1) is 5.10 Å². The van der Waals surface area contributed by atoms with E-state index in [-0.39, 0.29) is 12.5 Å². The molecule has 2 N–H and O–H groups in total. The highest BCUT2D eigenvalue weighted by atomic mass is 16.2. The van der Waals surface area contributed by atoms with Crippen LogP contribution in [0.5, 0.6) is 0 Å². The van der Waals surface area contributed by atoms with Crippen molar-refractivity contribution in [1.82, 2.24) is 24.8 Å². The van der Waals surface area contributed by atoms with E-state index in [2.05, 4.69) is 29.2 Å². The second kappa shape index (κ2) is 6.12. The van der Waals surface area contributed by atoms with Crippen molar-refractivity contribution in [2.45, 2.75) is 32.5 Å². The Bertz CT molecular complexity index is 432. The van der Waals surface area contributed by atoms with Gasteiger partial charge in [-0.25, -0.2) is 4.68 Å². The van der Waals surface area contributed by atoms with Crippen molar-refractivity contribution in [3.8, 4) is 0 Å². The fourth-order valence-electron chi connectivity index (χ4n) is 2.36. The van der Waals surface area contributed by atoms with Crippen LogP contribution in [0.15, 0.2) is 6.20 Å². The minimum atomic E-state index is 0.0972. The van der Waals surface area contributed by atoms with Gasteiger partial charge in [0.15, 0.2) is 0 Å². The van der Waals surface area contributed by atoms with Crippen LogP contribution in [0, 0.1) is 0 Å². The zero-order valence-electron chi connectivity index (χ0n) is 11.6. The normalized spacial score (nSPS) is 20.8. The van der Waals surface area contributed by atoms with E-state index in [0.717, 1.165) is 26.1 Å². The number of carbonyl (C=O) groups excluding carboxylic acids is 1. The molecule has 106 valence electrons. The highest BCUT2D eigenvalue weighted by Gasteiger charge is 2.26. The molecule has 1 fully saturated rings. The number of rotatable bonds is 4. The van der Waals surface area contributed by atoms with Crippen LogP contribution in [0.1, 0.15) is 19.0 Å². The Balaban J connectivity index is 1.92. The Labute approximate surface area is 113 Å². The van der Waals surface area contributed by atoms with Crippen molar-refractivity contribution in [1.29, 1.82) is 0 Å². The van der Waals surface area contributed by atoms with E-state index in [9.17, 15) is 4.79 Å². The number of carbonyl (C=O) groups is 1. The van der Waals surface area contributed by atoms with Gasteiger partial charge in [0.2, 0.25) is 5.91 Å². The summed E-state index contributed by atoms with van der Waals surface area (Å²) in [6, 6.07) is 0.452. The van der Waals surface area contributed by atoms with Gasteiger partial charge in [0.05, 0.1) is 11.9 Å². The first-order valence-corrected chi connectivity index (χ1v) is 6.71. The zero-order valence-corrected chi connectivity index (χ0v) is 11.6. The molecule has 7 nitrogen and oxygen atoms in total. The van der Waals surface area contributed by atoms with Gasteiger partial charge in [-0.3, -0.25) is 9.69 Å². The van der Waals surface area contributed by atoms with E-state index in [0.29, 0.717) is 18.3 Å². The van der Waals surface area contributed by atoms with Crippen molar-refractivity contribution in [3.05, 3.63) is 11.9 Å². The van der Waals surface area contributed by atoms with Crippen LogP contribution in [0.25, 0.3) is 0 Å². The number of likely N-dealkylation sites (N-methyl/N-ethyl adjacent to an activating group) is 1. The second-order valence-electron chi connectivity index (χ2n) is 4.99. The van der Waals surface area contributed by atoms with Crippen LogP contribution in [-0.2, 0) is 17.9 Å². The van der Waals surface area contributed by atoms with Gasteiger partial charge < -0.3 is 10.6 Å². The predicted molar refractivity (Wildman–Crippen MR) is 71.2 cm³/mol. The van der Waals surface area contributed by atoms with Crippen molar-refractivity contribution < 1.29 is 4.79 Å². The SMILES string of the molecule is CCC1CN(C(=O)Cn2cc(CN)nn2)CCN1C. The Hall–Kier alpha value is -1.47. The van der Waals surface area contributed by atoms with E-state index in [4.69, 9.17) is 5.73 Å². The summed E-state index contributed by atoms with van der Waals surface area (Å²) < 4.78 is 1.56. The van der Waals surface area contributed by atoms with Gasteiger partial charge >= 0.3 is 0 Å². The van der Waals surface area contributed by atoms with Crippen LogP contribution in [0.4, 0.5) is 0 Å². The van der Waals surface area contributed by atoms with Gasteiger partial charge in [0, 0.05) is 32.2 Å². The van der Waals surface area contributed by atoms with E-state index < -0.39 is 0 Å². The second-order valence-corrected chi connectivity index (χ2v) is 4.99. The average molecular weight is 266 g/mol. The van der Waals surface area contributed by atoms with Gasteiger partial charge in [-0.1, -0.05) is 12.1 Å². The monoisotopic (exact) mass is 266 g/mol. The van der Waals surface area contributed by atoms with Crippen LogP contribution in [0.3, 0.4) is 0 Å². The maximum absolute atomic E-state index is 12.2. The molecule has 0 spiro atoms. The molecule has 2 rings (SSSR count). The molecule has 1 aliphatic rings. The Morgan fingerprint density at radius 3 is 2.95 bits per heavy atom. The first-order valence-electron chi connectivity index (χ1n) is 6.71. The molecule has 0 bridgehead atoms. The highest BCUT2D eigenvalue weighted by molar-refractivity contribution is 5.76. The number of nitrogens with two attached hydrogens (primary N) is 1. The Morgan fingerprint density at radius 2 is 2.32 bits per heavy atom. The molecule has 1 saturated heterocycles. The third kappa shape index (κ3) is 3.30. The maximum atomic E-state index is 12.2. The molecular formula is C12H22N6O. The summed E-state index contributed by atoms with van der Waals surface area (Å²) >= 11 is 0. The highest BCUT2D eigenvalue weighted by Crippen LogP contribution is 2.11. The number of amides is 1. The Morgan fingerprint density at radius 1 is 1.53 bits per heavy atom. The number of piperazine rings is 1. The van der Waals surface area contributed by atoms with Gasteiger partial charge in [-0.05, 0) is 13.5 Å². The number of hydrogen-bond donors (Lipinski definition) is 1. The summed E-state index contributed by atoms with van der Waals surface area (Å²) in [5, 5.41) is 7.79. The van der Waals surface area contributed by atoms with Gasteiger partial charge in [-0.2, -0.15) is 0 Å². The average Bonchev–Trinajstić information content (AvgIpc) is 2.86. The lowest BCUT2D eigenvalue weighted by molar-refractivity contribution is -0.134. The molecule has 1 amide bonds. The number of hydrogen-bond acceptors (Lipinski definition) is 5. The summed E-state index contributed by atoms with van der Waals surface area (Å²) in [5.74, 6) is 0.0972. The summed E-state index contributed by atoms with van der Waals surface area (Å²) in [7, 11) is 2.11. The summed E-state index contributed by atoms with van der Waals surface area (Å²) in [4.78, 5) is 16.4. The molecule has 1 unspecified atom stereocenters. The fraction of sp³-hybridized carbons (Fsp3) is 0.750. The molecule has 1 aliphatic heterocycles. The summed E-state index contributed by atoms with van der Waals surface area (Å²) in [6.07, 6.45) is 2.78. The van der Waals surface area contributed by atoms with E-state index in [1.165, 1.54) is 0 Å². The van der Waals surface area contributed by atoms with Crippen LogP contribution in [0.2, 0.25) is 0 Å². The van der Waals surface area contributed by atoms with Crippen molar-refractivity contribution in [3.63, 3.8) is 0 Å². The van der Waals surface area contributed by atoms with Gasteiger partial charge in [0.1, 0.15) is 6.54 Å². The van der Waals surface area contributed by atoms with Crippen LogP contribution >= 0.6 is 0 Å². The van der Waals surface area contributed by atoms with E-state index in [1.807, 2.05) is 4.90 Å². The lowest BCUT2D eigenvalue weighted by Gasteiger charge is -2.39. The molecule has 0 radical (unpaired) electrons. The maximum Gasteiger partial charge on any atom is 0.244 e. The van der Waals surface area contributed by atoms with Crippen LogP contribution < -0.4 is 5.73 Å². The predicted octanol–water partition coefficient (Wildman–Crippen LogP) is -0.711. The number of nitrogens with zero attached hydrogens (tertiary/aromatic N) is 5. The minimum absolute atomic E-state index is 0.0972. The molecule has 1 aromatic heterocycles. The largest absolute Gasteiger partial charge is 0.338 e. The smallest absolute Gasteiger partial charge is 0.244 e. The first kappa shape index (κ1) is 14.0. The molecule has 7 heteroatoms. The summed E-state index contributed by atoms with van der Waals surface area (Å²) in [5.41, 5.74) is 6.18. The van der Waals surface area contributed by atoms with Crippen molar-refractivity contribution in [2.24, 2.45) is 5.73 Å². The van der Waals surface area contributed by atoms with Crippen molar-refractivity contribution in [2.75, 3.05) is 26.7 Å². The molecule has 0 saturated carbocycles. The third-order valence-corrected chi connectivity index (χ3v) is 3.69. The van der Waals surface area contributed by atoms with Crippen molar-refractivity contribution >= 4 is 5.91 Å². The number of aromatic nitrogens is 3. The lowest BCUT2D eigenvalue weighted by atomic mass is 10.1. The molecule has 19 heavy (non-hydrogen) atoms. The molecule has 0 aromatic carbocycles. The minimum Gasteiger partial charge on any atom is -0.338 e. The Kier molecular flexibility index (Phi) is 4.49. The summed E-state index contributed by atoms with van der Waals surface area (Å²) in [6.45, 7) is 5.25. The molecule has 2 heterocycles. The van der Waals surface area contributed by atoms with E-state index >= 15 is 0 Å².